The maximum atomic E-state index is 12.5. The minimum absolute atomic E-state index is 0.187. The number of H-pyrrole nitrogens is 1. The Hall–Kier alpha value is -3.42. The van der Waals surface area contributed by atoms with E-state index >= 15 is 0 Å². The van der Waals surface area contributed by atoms with E-state index in [9.17, 15) is 4.79 Å². The zero-order valence-electron chi connectivity index (χ0n) is 15.5. The average Bonchev–Trinajstić information content (AvgIpc) is 3.31. The number of para-hydroxylation sites is 1. The molecule has 0 amide bonds. The fourth-order valence-electron chi connectivity index (χ4n) is 3.53. The molecule has 1 N–H and O–H groups in total. The number of thiophene rings is 1. The lowest BCUT2D eigenvalue weighted by atomic mass is 10.1. The Morgan fingerprint density at radius 3 is 2.73 bits per heavy atom. The van der Waals surface area contributed by atoms with E-state index in [0.717, 1.165) is 43.0 Å². The first-order chi connectivity index (χ1) is 14.8. The second-order valence-corrected chi connectivity index (χ2v) is 8.81. The van der Waals surface area contributed by atoms with Crippen LogP contribution in [0.5, 0.6) is 11.5 Å². The molecule has 0 saturated heterocycles. The van der Waals surface area contributed by atoms with Crippen molar-refractivity contribution in [3.8, 4) is 33.2 Å². The summed E-state index contributed by atoms with van der Waals surface area (Å²) < 4.78 is 6.04. The van der Waals surface area contributed by atoms with Crippen molar-refractivity contribution < 1.29 is 4.74 Å². The highest BCUT2D eigenvalue weighted by molar-refractivity contribution is 7.99. The summed E-state index contributed by atoms with van der Waals surface area (Å²) in [5.41, 5.74) is 2.81. The van der Waals surface area contributed by atoms with Crippen molar-refractivity contribution in [3.63, 3.8) is 0 Å². The van der Waals surface area contributed by atoms with Crippen LogP contribution in [-0.4, -0.2) is 15.0 Å². The molecule has 2 aromatic carbocycles. The number of hydrogen-bond donors (Lipinski definition) is 1. The molecule has 4 heterocycles. The first kappa shape index (κ1) is 17.4. The van der Waals surface area contributed by atoms with Gasteiger partial charge in [-0.15, -0.1) is 11.3 Å². The van der Waals surface area contributed by atoms with Gasteiger partial charge in [-0.25, -0.2) is 9.97 Å². The van der Waals surface area contributed by atoms with E-state index in [1.165, 1.54) is 6.33 Å². The highest BCUT2D eigenvalue weighted by Gasteiger charge is 2.19. The van der Waals surface area contributed by atoms with Gasteiger partial charge in [0, 0.05) is 16.0 Å². The molecule has 5 aromatic rings. The third kappa shape index (κ3) is 2.82. The summed E-state index contributed by atoms with van der Waals surface area (Å²) in [7, 11) is 0. The zero-order valence-corrected chi connectivity index (χ0v) is 17.1. The molecule has 0 fully saturated rings. The summed E-state index contributed by atoms with van der Waals surface area (Å²) in [4.78, 5) is 27.3. The molecule has 1 aliphatic heterocycles. The van der Waals surface area contributed by atoms with Crippen LogP contribution in [0.25, 0.3) is 32.7 Å². The highest BCUT2D eigenvalue weighted by Crippen LogP contribution is 2.48. The van der Waals surface area contributed by atoms with E-state index in [1.807, 2.05) is 53.9 Å². The van der Waals surface area contributed by atoms with Crippen LogP contribution >= 0.6 is 23.1 Å². The van der Waals surface area contributed by atoms with Gasteiger partial charge in [0.2, 0.25) is 0 Å². The predicted molar refractivity (Wildman–Crippen MR) is 120 cm³/mol. The largest absolute Gasteiger partial charge is 0.455 e. The SMILES string of the molecule is O=c1[nH]cnc2nc(-c3ccc4c(c3)Sc3ccccc3O4)cc(-c3cccs3)c12. The molecule has 0 spiro atoms. The number of aromatic amines is 1. The number of nitrogens with one attached hydrogen (secondary N) is 1. The normalized spacial score (nSPS) is 12.3. The quantitative estimate of drug-likeness (QED) is 0.369. The van der Waals surface area contributed by atoms with Gasteiger partial charge in [-0.1, -0.05) is 30.0 Å². The molecule has 5 nitrogen and oxygen atoms in total. The number of rotatable bonds is 2. The van der Waals surface area contributed by atoms with Gasteiger partial charge < -0.3 is 9.72 Å². The molecule has 3 aromatic heterocycles. The molecular formula is C23H13N3O2S2. The Bertz CT molecular complexity index is 1480. The Balaban J connectivity index is 1.52. The maximum Gasteiger partial charge on any atom is 0.260 e. The summed E-state index contributed by atoms with van der Waals surface area (Å²) in [6, 6.07) is 20.0. The van der Waals surface area contributed by atoms with Gasteiger partial charge in [0.25, 0.3) is 5.56 Å². The van der Waals surface area contributed by atoms with E-state index in [-0.39, 0.29) is 5.56 Å². The van der Waals surface area contributed by atoms with E-state index in [0.29, 0.717) is 11.0 Å². The van der Waals surface area contributed by atoms with Gasteiger partial charge in [-0.3, -0.25) is 4.79 Å². The van der Waals surface area contributed by atoms with Gasteiger partial charge in [0.15, 0.2) is 5.65 Å². The lowest BCUT2D eigenvalue weighted by Gasteiger charge is -2.20. The Labute approximate surface area is 179 Å². The molecule has 0 radical (unpaired) electrons. The van der Waals surface area contributed by atoms with Crippen molar-refractivity contribution in [2.24, 2.45) is 0 Å². The van der Waals surface area contributed by atoms with Crippen LogP contribution in [-0.2, 0) is 0 Å². The molecule has 7 heteroatoms. The standard InChI is InChI=1S/C23H13N3O2S2/c27-23-21-14(18-6-3-9-29-18)11-15(26-22(21)24-12-25-23)13-7-8-17-20(10-13)30-19-5-2-1-4-16(19)28-17/h1-12H,(H,24,25,26,27). The molecule has 1 aliphatic rings. The molecule has 0 aliphatic carbocycles. The number of aromatic nitrogens is 3. The van der Waals surface area contributed by atoms with Gasteiger partial charge in [0.1, 0.15) is 11.5 Å². The van der Waals surface area contributed by atoms with Gasteiger partial charge in [-0.2, -0.15) is 0 Å². The number of pyridine rings is 1. The number of fused-ring (bicyclic) bond motifs is 3. The van der Waals surface area contributed by atoms with Crippen LogP contribution in [0.4, 0.5) is 0 Å². The van der Waals surface area contributed by atoms with E-state index < -0.39 is 0 Å². The predicted octanol–water partition coefficient (Wildman–Crippen LogP) is 5.97. The lowest BCUT2D eigenvalue weighted by molar-refractivity contribution is 0.454. The third-order valence-corrected chi connectivity index (χ3v) is 6.92. The number of hydrogen-bond acceptors (Lipinski definition) is 6. The molecule has 0 bridgehead atoms. The molecule has 144 valence electrons. The topological polar surface area (TPSA) is 67.9 Å². The van der Waals surface area contributed by atoms with E-state index in [1.54, 1.807) is 23.1 Å². The highest BCUT2D eigenvalue weighted by atomic mass is 32.2. The summed E-state index contributed by atoms with van der Waals surface area (Å²) in [6.07, 6.45) is 1.40. The van der Waals surface area contributed by atoms with Crippen LogP contribution in [0.1, 0.15) is 0 Å². The lowest BCUT2D eigenvalue weighted by Crippen LogP contribution is -2.09. The Morgan fingerprint density at radius 1 is 0.933 bits per heavy atom. The van der Waals surface area contributed by atoms with Crippen LogP contribution in [0.15, 0.2) is 87.0 Å². The first-order valence-corrected chi connectivity index (χ1v) is 11.0. The second-order valence-electron chi connectivity index (χ2n) is 6.77. The minimum atomic E-state index is -0.187. The monoisotopic (exact) mass is 427 g/mol. The Kier molecular flexibility index (Phi) is 3.97. The van der Waals surface area contributed by atoms with E-state index in [2.05, 4.69) is 22.1 Å². The van der Waals surface area contributed by atoms with Crippen LogP contribution in [0.3, 0.4) is 0 Å². The maximum absolute atomic E-state index is 12.5. The van der Waals surface area contributed by atoms with Gasteiger partial charge in [-0.05, 0) is 47.8 Å². The number of nitrogens with zero attached hydrogens (tertiary/aromatic N) is 2. The van der Waals surface area contributed by atoms with Gasteiger partial charge in [0.05, 0.1) is 27.2 Å². The molecule has 0 atom stereocenters. The molecule has 0 unspecified atom stereocenters. The van der Waals surface area contributed by atoms with E-state index in [4.69, 9.17) is 9.72 Å². The van der Waals surface area contributed by atoms with Crippen molar-refractivity contribution in [2.75, 3.05) is 0 Å². The molecule has 6 rings (SSSR count). The summed E-state index contributed by atoms with van der Waals surface area (Å²) in [6.45, 7) is 0. The molecule has 30 heavy (non-hydrogen) atoms. The summed E-state index contributed by atoms with van der Waals surface area (Å²) >= 11 is 3.26. The van der Waals surface area contributed by atoms with Crippen LogP contribution < -0.4 is 10.3 Å². The fourth-order valence-corrected chi connectivity index (χ4v) is 5.27. The molecule has 0 saturated carbocycles. The van der Waals surface area contributed by atoms with Crippen molar-refractivity contribution in [2.45, 2.75) is 9.79 Å². The minimum Gasteiger partial charge on any atom is -0.455 e. The fraction of sp³-hybridized carbons (Fsp3) is 0. The van der Waals surface area contributed by atoms with Crippen molar-refractivity contribution in [1.29, 1.82) is 0 Å². The average molecular weight is 428 g/mol. The number of ether oxygens (including phenoxy) is 1. The zero-order chi connectivity index (χ0) is 20.1. The third-order valence-electron chi connectivity index (χ3n) is 4.92. The summed E-state index contributed by atoms with van der Waals surface area (Å²) in [5, 5.41) is 2.50. The van der Waals surface area contributed by atoms with Crippen LogP contribution in [0, 0.1) is 0 Å². The van der Waals surface area contributed by atoms with Crippen molar-refractivity contribution in [3.05, 3.63) is 82.7 Å². The summed E-state index contributed by atoms with van der Waals surface area (Å²) in [5.74, 6) is 1.70. The first-order valence-electron chi connectivity index (χ1n) is 9.28. The van der Waals surface area contributed by atoms with Crippen LogP contribution in [0.2, 0.25) is 0 Å². The Morgan fingerprint density at radius 2 is 1.83 bits per heavy atom. The second kappa shape index (κ2) is 6.83. The number of benzene rings is 2. The van der Waals surface area contributed by atoms with Crippen molar-refractivity contribution >= 4 is 34.1 Å². The van der Waals surface area contributed by atoms with Gasteiger partial charge >= 0.3 is 0 Å². The van der Waals surface area contributed by atoms with Crippen molar-refractivity contribution in [1.82, 2.24) is 15.0 Å². The smallest absolute Gasteiger partial charge is 0.260 e. The molecular weight excluding hydrogens is 414 g/mol.